The highest BCUT2D eigenvalue weighted by atomic mass is 16.6. The fraction of sp³-hybridized carbons (Fsp3) is 0.500. The maximum Gasteiger partial charge on any atom is 0.232 e. The minimum atomic E-state index is -0.657. The molecule has 0 spiro atoms. The number of nitro groups is 1. The molecule has 0 radical (unpaired) electrons. The topological polar surface area (TPSA) is 63.5 Å². The Labute approximate surface area is 112 Å². The summed E-state index contributed by atoms with van der Waals surface area (Å²) in [6.07, 6.45) is 0.994. The monoisotopic (exact) mass is 262 g/mol. The van der Waals surface area contributed by atoms with Crippen LogP contribution in [0.15, 0.2) is 30.3 Å². The first kappa shape index (κ1) is 13.5. The van der Waals surface area contributed by atoms with Crippen molar-refractivity contribution in [2.24, 2.45) is 5.92 Å². The molecule has 2 rings (SSSR count). The first-order chi connectivity index (χ1) is 9.08. The molecule has 5 nitrogen and oxygen atoms in total. The number of rotatable bonds is 3. The molecule has 1 heterocycles. The van der Waals surface area contributed by atoms with E-state index in [1.54, 1.807) is 4.90 Å². The van der Waals surface area contributed by atoms with E-state index in [0.29, 0.717) is 19.4 Å². The molecule has 1 amide bonds. The summed E-state index contributed by atoms with van der Waals surface area (Å²) >= 11 is 0. The summed E-state index contributed by atoms with van der Waals surface area (Å²) in [7, 11) is 0. The quantitative estimate of drug-likeness (QED) is 0.619. The van der Waals surface area contributed by atoms with Crippen LogP contribution in [0.25, 0.3) is 0 Å². The molecule has 0 bridgehead atoms. The van der Waals surface area contributed by atoms with E-state index < -0.39 is 6.04 Å². The fourth-order valence-corrected chi connectivity index (χ4v) is 2.44. The van der Waals surface area contributed by atoms with E-state index in [2.05, 4.69) is 0 Å². The molecule has 0 aromatic heterocycles. The number of carbonyl (C=O) groups is 1. The van der Waals surface area contributed by atoms with Gasteiger partial charge in [-0.05, 0) is 12.0 Å². The lowest BCUT2D eigenvalue weighted by molar-refractivity contribution is -0.531. The van der Waals surface area contributed by atoms with Crippen molar-refractivity contribution in [3.05, 3.63) is 46.0 Å². The molecular formula is C14H18N2O3. The van der Waals surface area contributed by atoms with Crippen LogP contribution in [0.5, 0.6) is 0 Å². The SMILES string of the molecule is C[C@H]1CCC(=O)N(Cc2ccccc2)C[C@@H]1[N+](=O)[O-]. The van der Waals surface area contributed by atoms with E-state index >= 15 is 0 Å². The molecule has 1 fully saturated rings. The summed E-state index contributed by atoms with van der Waals surface area (Å²) in [5.74, 6) is -0.0419. The summed E-state index contributed by atoms with van der Waals surface area (Å²) in [4.78, 5) is 24.5. The van der Waals surface area contributed by atoms with Gasteiger partial charge in [-0.2, -0.15) is 0 Å². The molecule has 0 aliphatic carbocycles. The van der Waals surface area contributed by atoms with Crippen LogP contribution in [0.2, 0.25) is 0 Å². The van der Waals surface area contributed by atoms with Gasteiger partial charge in [0, 0.05) is 23.8 Å². The van der Waals surface area contributed by atoms with Crippen molar-refractivity contribution in [3.63, 3.8) is 0 Å². The van der Waals surface area contributed by atoms with E-state index in [1.165, 1.54) is 0 Å². The van der Waals surface area contributed by atoms with E-state index in [-0.39, 0.29) is 23.3 Å². The van der Waals surface area contributed by atoms with Gasteiger partial charge < -0.3 is 4.90 Å². The maximum absolute atomic E-state index is 12.0. The van der Waals surface area contributed by atoms with Gasteiger partial charge >= 0.3 is 0 Å². The van der Waals surface area contributed by atoms with Crippen molar-refractivity contribution < 1.29 is 9.72 Å². The summed E-state index contributed by atoms with van der Waals surface area (Å²) in [5.41, 5.74) is 1.01. The highest BCUT2D eigenvalue weighted by Crippen LogP contribution is 2.21. The zero-order valence-corrected chi connectivity index (χ0v) is 11.0. The molecule has 5 heteroatoms. The lowest BCUT2D eigenvalue weighted by Gasteiger charge is -2.22. The minimum absolute atomic E-state index is 0.0139. The standard InChI is InChI=1S/C14H18N2O3/c1-11-7-8-14(17)15(10-13(11)16(18)19)9-12-5-3-2-4-6-12/h2-6,11,13H,7-10H2,1H3/t11-,13-/m0/s1. The van der Waals surface area contributed by atoms with Crippen molar-refractivity contribution in [3.8, 4) is 0 Å². The number of likely N-dealkylation sites (tertiary alicyclic amines) is 1. The molecule has 0 N–H and O–H groups in total. The Morgan fingerprint density at radius 1 is 1.37 bits per heavy atom. The van der Waals surface area contributed by atoms with Crippen molar-refractivity contribution in [2.75, 3.05) is 6.54 Å². The van der Waals surface area contributed by atoms with Crippen molar-refractivity contribution in [1.82, 2.24) is 4.90 Å². The number of benzene rings is 1. The van der Waals surface area contributed by atoms with Crippen LogP contribution in [0, 0.1) is 16.0 Å². The van der Waals surface area contributed by atoms with Gasteiger partial charge in [-0.1, -0.05) is 37.3 Å². The van der Waals surface area contributed by atoms with Gasteiger partial charge in [0.25, 0.3) is 0 Å². The van der Waals surface area contributed by atoms with Gasteiger partial charge in [-0.15, -0.1) is 0 Å². The van der Waals surface area contributed by atoms with Gasteiger partial charge in [0.05, 0.1) is 6.54 Å². The predicted molar refractivity (Wildman–Crippen MR) is 71.0 cm³/mol. The van der Waals surface area contributed by atoms with E-state index in [9.17, 15) is 14.9 Å². The van der Waals surface area contributed by atoms with E-state index in [1.807, 2.05) is 37.3 Å². The zero-order chi connectivity index (χ0) is 13.8. The Balaban J connectivity index is 2.13. The second-order valence-corrected chi connectivity index (χ2v) is 5.13. The molecule has 1 aliphatic rings. The molecule has 0 saturated carbocycles. The molecule has 2 atom stereocenters. The predicted octanol–water partition coefficient (Wildman–Crippen LogP) is 2.09. The summed E-state index contributed by atoms with van der Waals surface area (Å²) in [6.45, 7) is 2.52. The molecule has 1 aromatic carbocycles. The number of nitrogens with zero attached hydrogens (tertiary/aromatic N) is 2. The summed E-state index contributed by atoms with van der Waals surface area (Å²) in [6, 6.07) is 8.94. The lowest BCUT2D eigenvalue weighted by Crippen LogP contribution is -2.39. The fourth-order valence-electron chi connectivity index (χ4n) is 2.44. The van der Waals surface area contributed by atoms with Crippen LogP contribution in [0.4, 0.5) is 0 Å². The van der Waals surface area contributed by atoms with E-state index in [0.717, 1.165) is 5.56 Å². The van der Waals surface area contributed by atoms with Crippen molar-refractivity contribution >= 4 is 5.91 Å². The molecule has 0 unspecified atom stereocenters. The van der Waals surface area contributed by atoms with Crippen molar-refractivity contribution in [2.45, 2.75) is 32.4 Å². The van der Waals surface area contributed by atoms with Gasteiger partial charge in [-0.25, -0.2) is 0 Å². The summed E-state index contributed by atoms with van der Waals surface area (Å²) in [5, 5.41) is 11.1. The van der Waals surface area contributed by atoms with Crippen LogP contribution in [0.3, 0.4) is 0 Å². The second kappa shape index (κ2) is 5.82. The van der Waals surface area contributed by atoms with Crippen LogP contribution < -0.4 is 0 Å². The van der Waals surface area contributed by atoms with Gasteiger partial charge in [-0.3, -0.25) is 14.9 Å². The third kappa shape index (κ3) is 3.30. The molecule has 1 aliphatic heterocycles. The molecule has 1 saturated heterocycles. The Hall–Kier alpha value is -1.91. The Morgan fingerprint density at radius 2 is 2.05 bits per heavy atom. The van der Waals surface area contributed by atoms with Crippen LogP contribution in [0.1, 0.15) is 25.3 Å². The third-order valence-electron chi connectivity index (χ3n) is 3.72. The van der Waals surface area contributed by atoms with E-state index in [4.69, 9.17) is 0 Å². The average molecular weight is 262 g/mol. The summed E-state index contributed by atoms with van der Waals surface area (Å²) < 4.78 is 0. The second-order valence-electron chi connectivity index (χ2n) is 5.13. The Morgan fingerprint density at radius 3 is 2.68 bits per heavy atom. The number of hydrogen-bond acceptors (Lipinski definition) is 3. The Bertz CT molecular complexity index is 461. The molecular weight excluding hydrogens is 244 g/mol. The lowest BCUT2D eigenvalue weighted by atomic mass is 9.99. The van der Waals surface area contributed by atoms with Gasteiger partial charge in [0.15, 0.2) is 0 Å². The largest absolute Gasteiger partial charge is 0.331 e. The average Bonchev–Trinajstić information content (AvgIpc) is 2.53. The van der Waals surface area contributed by atoms with Crippen LogP contribution >= 0.6 is 0 Å². The first-order valence-electron chi connectivity index (χ1n) is 6.53. The zero-order valence-electron chi connectivity index (χ0n) is 11.0. The number of hydrogen-bond donors (Lipinski definition) is 0. The molecule has 1 aromatic rings. The molecule has 102 valence electrons. The minimum Gasteiger partial charge on any atom is -0.331 e. The van der Waals surface area contributed by atoms with Crippen LogP contribution in [-0.4, -0.2) is 28.3 Å². The molecule has 19 heavy (non-hydrogen) atoms. The highest BCUT2D eigenvalue weighted by Gasteiger charge is 2.35. The van der Waals surface area contributed by atoms with Crippen LogP contribution in [-0.2, 0) is 11.3 Å². The first-order valence-corrected chi connectivity index (χ1v) is 6.53. The highest BCUT2D eigenvalue weighted by molar-refractivity contribution is 5.76. The van der Waals surface area contributed by atoms with Gasteiger partial charge in [0.2, 0.25) is 11.9 Å². The smallest absolute Gasteiger partial charge is 0.232 e. The normalized spacial score (nSPS) is 24.1. The Kier molecular flexibility index (Phi) is 4.14. The number of amides is 1. The maximum atomic E-state index is 12.0. The van der Waals surface area contributed by atoms with Crippen molar-refractivity contribution in [1.29, 1.82) is 0 Å². The van der Waals surface area contributed by atoms with Gasteiger partial charge in [0.1, 0.15) is 0 Å². The number of carbonyl (C=O) groups excluding carboxylic acids is 1. The third-order valence-corrected chi connectivity index (χ3v) is 3.72.